The Labute approximate surface area is 178 Å². The van der Waals surface area contributed by atoms with Crippen LogP contribution in [0.2, 0.25) is 0 Å². The first kappa shape index (κ1) is 20.6. The van der Waals surface area contributed by atoms with Crippen LogP contribution in [0.5, 0.6) is 5.88 Å². The summed E-state index contributed by atoms with van der Waals surface area (Å²) in [6.45, 7) is 0.256. The van der Waals surface area contributed by atoms with Gasteiger partial charge in [0.25, 0.3) is 5.91 Å². The van der Waals surface area contributed by atoms with Crippen LogP contribution in [0.25, 0.3) is 5.57 Å². The molecule has 2 fully saturated rings. The monoisotopic (exact) mass is 427 g/mol. The number of nitrogens with zero attached hydrogens (tertiary/aromatic N) is 3. The van der Waals surface area contributed by atoms with E-state index in [4.69, 9.17) is 16.0 Å². The predicted octanol–water partition coefficient (Wildman–Crippen LogP) is 3.14. The Kier molecular flexibility index (Phi) is 5.68. The van der Waals surface area contributed by atoms with Gasteiger partial charge in [-0.25, -0.2) is 10.5 Å². The molecular formula is C21H25N5O3S. The van der Waals surface area contributed by atoms with Crippen molar-refractivity contribution in [2.24, 2.45) is 10.8 Å². The number of rotatable bonds is 6. The zero-order chi connectivity index (χ0) is 21.3. The highest BCUT2D eigenvalue weighted by molar-refractivity contribution is 7.11. The minimum absolute atomic E-state index is 0.0233. The summed E-state index contributed by atoms with van der Waals surface area (Å²) in [6.07, 6.45) is 4.05. The Morgan fingerprint density at radius 1 is 1.47 bits per heavy atom. The van der Waals surface area contributed by atoms with E-state index in [2.05, 4.69) is 10.1 Å². The van der Waals surface area contributed by atoms with Crippen LogP contribution in [-0.2, 0) is 5.60 Å². The van der Waals surface area contributed by atoms with E-state index in [1.165, 1.54) is 17.5 Å². The maximum absolute atomic E-state index is 13.3. The number of thiophene rings is 1. The molecular weight excluding hydrogens is 402 g/mol. The van der Waals surface area contributed by atoms with Crippen molar-refractivity contribution in [1.29, 1.82) is 5.53 Å². The van der Waals surface area contributed by atoms with Gasteiger partial charge in [0.15, 0.2) is 0 Å². The van der Waals surface area contributed by atoms with E-state index in [9.17, 15) is 9.90 Å². The molecule has 2 saturated heterocycles. The summed E-state index contributed by atoms with van der Waals surface area (Å²) in [6, 6.07) is 7.16. The number of nitrogens with one attached hydrogen (secondary N) is 1. The standard InChI is InChI=1S/C21H25N5O3S/c1-29-19-4-2-3-18(25-19)21(28)8-15-5-6-16(9-21)26(15)20(27)13-7-17(30-12-13)14(10-22)11-24-23/h2-4,7,11-12,15-16,23,28H,5-6,8-10,22H2,1H3/b14-11+,24-23?. The molecule has 2 aliphatic rings. The number of nitrogens with two attached hydrogens (primary N) is 1. The largest absolute Gasteiger partial charge is 0.481 e. The predicted molar refractivity (Wildman–Crippen MR) is 113 cm³/mol. The first-order valence-corrected chi connectivity index (χ1v) is 10.8. The van der Waals surface area contributed by atoms with E-state index in [1.54, 1.807) is 13.2 Å². The molecule has 4 heterocycles. The highest BCUT2D eigenvalue weighted by atomic mass is 32.1. The fourth-order valence-corrected chi connectivity index (χ4v) is 5.52. The number of hydrogen-bond acceptors (Lipinski definition) is 8. The number of ether oxygens (including phenoxy) is 1. The van der Waals surface area contributed by atoms with Gasteiger partial charge in [0.2, 0.25) is 5.88 Å². The minimum Gasteiger partial charge on any atom is -0.481 e. The number of amides is 1. The lowest BCUT2D eigenvalue weighted by Gasteiger charge is -2.43. The number of methoxy groups -OCH3 is 1. The summed E-state index contributed by atoms with van der Waals surface area (Å²) < 4.78 is 5.21. The van der Waals surface area contributed by atoms with Gasteiger partial charge in [0.05, 0.1) is 24.6 Å². The van der Waals surface area contributed by atoms with Crippen molar-refractivity contribution in [2.75, 3.05) is 13.7 Å². The molecule has 0 spiro atoms. The highest BCUT2D eigenvalue weighted by Crippen LogP contribution is 2.46. The molecule has 158 valence electrons. The number of carbonyl (C=O) groups excluding carboxylic acids is 1. The summed E-state index contributed by atoms with van der Waals surface area (Å²) >= 11 is 1.43. The number of carbonyl (C=O) groups is 1. The molecule has 8 nitrogen and oxygen atoms in total. The third kappa shape index (κ3) is 3.64. The average Bonchev–Trinajstić information content (AvgIpc) is 3.35. The molecule has 30 heavy (non-hydrogen) atoms. The molecule has 2 aromatic heterocycles. The maximum atomic E-state index is 13.3. The topological polar surface area (TPSA) is 125 Å². The molecule has 2 aromatic rings. The number of pyridine rings is 1. The molecule has 0 radical (unpaired) electrons. The number of aromatic nitrogens is 1. The van der Waals surface area contributed by atoms with Crippen molar-refractivity contribution in [3.05, 3.63) is 52.0 Å². The fraction of sp³-hybridized carbons (Fsp3) is 0.429. The van der Waals surface area contributed by atoms with Gasteiger partial charge in [-0.1, -0.05) is 6.07 Å². The van der Waals surface area contributed by atoms with E-state index < -0.39 is 5.60 Å². The summed E-state index contributed by atoms with van der Waals surface area (Å²) in [5, 5.41) is 16.5. The van der Waals surface area contributed by atoms with E-state index >= 15 is 0 Å². The van der Waals surface area contributed by atoms with Crippen molar-refractivity contribution in [3.8, 4) is 5.88 Å². The Morgan fingerprint density at radius 2 is 2.20 bits per heavy atom. The second-order valence-electron chi connectivity index (χ2n) is 7.79. The molecule has 4 N–H and O–H groups in total. The summed E-state index contributed by atoms with van der Waals surface area (Å²) in [5.74, 6) is 0.450. The zero-order valence-corrected chi connectivity index (χ0v) is 17.6. The minimum atomic E-state index is -1.07. The number of hydrogen-bond donors (Lipinski definition) is 3. The van der Waals surface area contributed by atoms with Gasteiger partial charge in [-0.3, -0.25) is 4.79 Å². The average molecular weight is 428 g/mol. The molecule has 9 heteroatoms. The van der Waals surface area contributed by atoms with Crippen molar-refractivity contribution in [3.63, 3.8) is 0 Å². The van der Waals surface area contributed by atoms with E-state index in [0.29, 0.717) is 30.0 Å². The molecule has 0 aliphatic carbocycles. The molecule has 4 rings (SSSR count). The van der Waals surface area contributed by atoms with Gasteiger partial charge in [-0.2, -0.15) is 5.11 Å². The molecule has 2 bridgehead atoms. The van der Waals surface area contributed by atoms with Crippen LogP contribution in [0.1, 0.15) is 46.6 Å². The Morgan fingerprint density at radius 3 is 2.83 bits per heavy atom. The van der Waals surface area contributed by atoms with Crippen molar-refractivity contribution in [2.45, 2.75) is 43.4 Å². The van der Waals surface area contributed by atoms with E-state index in [-0.39, 0.29) is 24.5 Å². The molecule has 2 unspecified atom stereocenters. The Bertz CT molecular complexity index is 975. The quantitative estimate of drug-likeness (QED) is 0.611. The van der Waals surface area contributed by atoms with Crippen molar-refractivity contribution < 1.29 is 14.6 Å². The van der Waals surface area contributed by atoms with Crippen molar-refractivity contribution >= 4 is 22.8 Å². The second kappa shape index (κ2) is 8.25. The Balaban J connectivity index is 1.55. The lowest BCUT2D eigenvalue weighted by Crippen LogP contribution is -2.52. The van der Waals surface area contributed by atoms with E-state index in [0.717, 1.165) is 23.3 Å². The lowest BCUT2D eigenvalue weighted by molar-refractivity contribution is -0.0510. The molecule has 1 amide bonds. The van der Waals surface area contributed by atoms with Gasteiger partial charge in [-0.05, 0) is 25.0 Å². The molecule has 0 aromatic carbocycles. The van der Waals surface area contributed by atoms with Crippen LogP contribution in [0.15, 0.2) is 41.0 Å². The van der Waals surface area contributed by atoms with Crippen LogP contribution in [-0.4, -0.2) is 46.6 Å². The van der Waals surface area contributed by atoms with Gasteiger partial charge >= 0.3 is 0 Å². The number of aliphatic hydroxyl groups is 1. The first-order valence-electron chi connectivity index (χ1n) is 9.90. The smallest absolute Gasteiger partial charge is 0.255 e. The van der Waals surface area contributed by atoms with Crippen LogP contribution in [0.4, 0.5) is 0 Å². The van der Waals surface area contributed by atoms with E-state index in [1.807, 2.05) is 28.5 Å². The second-order valence-corrected chi connectivity index (χ2v) is 8.70. The number of piperidine rings is 1. The number of fused-ring (bicyclic) bond motifs is 2. The van der Waals surface area contributed by atoms with Crippen molar-refractivity contribution in [1.82, 2.24) is 9.88 Å². The van der Waals surface area contributed by atoms with Gasteiger partial charge in [0, 0.05) is 53.4 Å². The zero-order valence-electron chi connectivity index (χ0n) is 16.7. The normalized spacial score (nSPS) is 26.0. The van der Waals surface area contributed by atoms with Gasteiger partial charge < -0.3 is 20.5 Å². The van der Waals surface area contributed by atoms with Crippen LogP contribution < -0.4 is 10.5 Å². The SMILES string of the molecule is COc1cccc(C2(O)CC3CCC(C2)N3C(=O)c2csc(/C(=C/N=N)CN)c2)n1. The summed E-state index contributed by atoms with van der Waals surface area (Å²) in [7, 11) is 1.56. The molecule has 2 atom stereocenters. The van der Waals surface area contributed by atoms with Crippen LogP contribution >= 0.6 is 11.3 Å². The first-order chi connectivity index (χ1) is 14.5. The summed E-state index contributed by atoms with van der Waals surface area (Å²) in [4.78, 5) is 20.5. The third-order valence-corrected chi connectivity index (χ3v) is 7.02. The maximum Gasteiger partial charge on any atom is 0.255 e. The van der Waals surface area contributed by atoms with Crippen LogP contribution in [0, 0.1) is 5.53 Å². The van der Waals surface area contributed by atoms with Crippen LogP contribution in [0.3, 0.4) is 0 Å². The fourth-order valence-electron chi connectivity index (χ4n) is 4.61. The Hall–Kier alpha value is -2.62. The third-order valence-electron chi connectivity index (χ3n) is 6.01. The summed E-state index contributed by atoms with van der Waals surface area (Å²) in [5.41, 5.74) is 13.6. The lowest BCUT2D eigenvalue weighted by atomic mass is 9.83. The molecule has 2 aliphatic heterocycles. The van der Waals surface area contributed by atoms with Gasteiger partial charge in [-0.15, -0.1) is 11.3 Å². The molecule has 0 saturated carbocycles. The van der Waals surface area contributed by atoms with Gasteiger partial charge in [0.1, 0.15) is 5.60 Å². The highest BCUT2D eigenvalue weighted by Gasteiger charge is 2.50.